The number of nitrogens with one attached hydrogen (secondary N) is 2. The molecule has 0 fully saturated rings. The summed E-state index contributed by atoms with van der Waals surface area (Å²) in [4.78, 5) is 20.2. The Labute approximate surface area is 169 Å². The highest BCUT2D eigenvalue weighted by Crippen LogP contribution is 2.19. The van der Waals surface area contributed by atoms with Gasteiger partial charge in [0.05, 0.1) is 22.9 Å². The molecule has 0 bridgehead atoms. The first-order valence-corrected chi connectivity index (χ1v) is 9.31. The number of aromatic nitrogens is 4. The first kappa shape index (κ1) is 19.1. The van der Waals surface area contributed by atoms with Crippen molar-refractivity contribution in [3.63, 3.8) is 0 Å². The van der Waals surface area contributed by atoms with Gasteiger partial charge in [0.25, 0.3) is 5.56 Å². The van der Waals surface area contributed by atoms with E-state index in [1.807, 2.05) is 24.3 Å². The van der Waals surface area contributed by atoms with Gasteiger partial charge in [-0.3, -0.25) is 4.79 Å². The summed E-state index contributed by atoms with van der Waals surface area (Å²) < 4.78 is 27.8. The van der Waals surface area contributed by atoms with E-state index < -0.39 is 17.2 Å². The molecule has 2 N–H and O–H groups in total. The summed E-state index contributed by atoms with van der Waals surface area (Å²) in [5, 5.41) is 6.88. The van der Waals surface area contributed by atoms with E-state index in [0.29, 0.717) is 24.7 Å². The van der Waals surface area contributed by atoms with Crippen molar-refractivity contribution in [2.75, 3.05) is 11.9 Å². The van der Waals surface area contributed by atoms with Crippen LogP contribution in [0.15, 0.2) is 53.5 Å². The third-order valence-electron chi connectivity index (χ3n) is 4.40. The van der Waals surface area contributed by atoms with Crippen LogP contribution in [0.25, 0.3) is 16.7 Å². The van der Waals surface area contributed by atoms with Crippen LogP contribution in [0.5, 0.6) is 0 Å². The molecule has 0 amide bonds. The Morgan fingerprint density at radius 3 is 2.79 bits per heavy atom. The number of anilines is 1. The maximum absolute atomic E-state index is 13.9. The molecule has 2 aromatic carbocycles. The Hall–Kier alpha value is -3.26. The highest BCUT2D eigenvalue weighted by atomic mass is 35.5. The highest BCUT2D eigenvalue weighted by Gasteiger charge is 2.14. The number of aromatic amines is 1. The molecule has 0 atom stereocenters. The average molecular weight is 416 g/mol. The number of aryl methyl sites for hydroxylation is 1. The largest absolute Gasteiger partial charge is 0.382 e. The number of hydrogen-bond acceptors (Lipinski definition) is 4. The van der Waals surface area contributed by atoms with Gasteiger partial charge in [-0.15, -0.1) is 0 Å². The zero-order valence-electron chi connectivity index (χ0n) is 15.1. The minimum atomic E-state index is -0.901. The van der Waals surface area contributed by atoms with E-state index in [1.54, 1.807) is 0 Å². The Bertz CT molecular complexity index is 1200. The summed E-state index contributed by atoms with van der Waals surface area (Å²) in [6.07, 6.45) is 2.80. The second-order valence-electron chi connectivity index (χ2n) is 6.42. The monoisotopic (exact) mass is 415 g/mol. The summed E-state index contributed by atoms with van der Waals surface area (Å²) in [5.74, 6) is -0.769. The molecule has 148 valence electrons. The Balaban J connectivity index is 1.42. The smallest absolute Gasteiger partial charge is 0.292 e. The lowest BCUT2D eigenvalue weighted by Gasteiger charge is -2.10. The van der Waals surface area contributed by atoms with E-state index in [-0.39, 0.29) is 10.7 Å². The molecule has 0 radical (unpaired) electrons. The van der Waals surface area contributed by atoms with Crippen LogP contribution in [0.2, 0.25) is 5.02 Å². The maximum atomic E-state index is 13.9. The predicted molar refractivity (Wildman–Crippen MR) is 108 cm³/mol. The second kappa shape index (κ2) is 8.00. The molecule has 9 heteroatoms. The summed E-state index contributed by atoms with van der Waals surface area (Å²) >= 11 is 6.13. The minimum absolute atomic E-state index is 0.118. The molecule has 29 heavy (non-hydrogen) atoms. The van der Waals surface area contributed by atoms with Gasteiger partial charge in [-0.05, 0) is 30.7 Å². The SMILES string of the molecule is O=c1c(Cl)c(NCCCc2nc3ccccc3[nH]2)cnn1-c1ccc(F)cc1F. The van der Waals surface area contributed by atoms with Crippen molar-refractivity contribution < 1.29 is 8.78 Å². The van der Waals surface area contributed by atoms with E-state index >= 15 is 0 Å². The minimum Gasteiger partial charge on any atom is -0.382 e. The predicted octanol–water partition coefficient (Wildman–Crippen LogP) is 4.09. The van der Waals surface area contributed by atoms with Crippen molar-refractivity contribution >= 4 is 28.3 Å². The van der Waals surface area contributed by atoms with Gasteiger partial charge in [-0.25, -0.2) is 13.8 Å². The van der Waals surface area contributed by atoms with Crippen molar-refractivity contribution in [2.45, 2.75) is 12.8 Å². The van der Waals surface area contributed by atoms with Crippen molar-refractivity contribution in [2.24, 2.45) is 0 Å². The molecular weight excluding hydrogens is 400 g/mol. The number of nitrogens with zero attached hydrogens (tertiary/aromatic N) is 3. The van der Waals surface area contributed by atoms with Gasteiger partial charge in [-0.2, -0.15) is 9.78 Å². The number of hydrogen-bond donors (Lipinski definition) is 2. The molecule has 2 aromatic heterocycles. The number of imidazole rings is 1. The maximum Gasteiger partial charge on any atom is 0.292 e. The lowest BCUT2D eigenvalue weighted by molar-refractivity contribution is 0.570. The van der Waals surface area contributed by atoms with Crippen LogP contribution < -0.4 is 10.9 Å². The molecule has 0 saturated heterocycles. The van der Waals surface area contributed by atoms with Crippen LogP contribution in [0, 0.1) is 11.6 Å². The molecular formula is C20H16ClF2N5O. The molecule has 0 saturated carbocycles. The average Bonchev–Trinajstić information content (AvgIpc) is 3.12. The molecule has 4 aromatic rings. The zero-order chi connectivity index (χ0) is 20.4. The number of halogens is 3. The fourth-order valence-corrected chi connectivity index (χ4v) is 3.18. The normalized spacial score (nSPS) is 11.1. The lowest BCUT2D eigenvalue weighted by Crippen LogP contribution is -2.24. The Kier molecular flexibility index (Phi) is 5.26. The zero-order valence-corrected chi connectivity index (χ0v) is 15.9. The van der Waals surface area contributed by atoms with Gasteiger partial charge < -0.3 is 10.3 Å². The number of rotatable bonds is 6. The third-order valence-corrected chi connectivity index (χ3v) is 4.77. The molecule has 0 aliphatic carbocycles. The van der Waals surface area contributed by atoms with Crippen molar-refractivity contribution in [3.8, 4) is 5.69 Å². The van der Waals surface area contributed by atoms with Gasteiger partial charge >= 0.3 is 0 Å². The lowest BCUT2D eigenvalue weighted by atomic mass is 10.3. The molecule has 2 heterocycles. The van der Waals surface area contributed by atoms with Crippen LogP contribution in [-0.2, 0) is 6.42 Å². The topological polar surface area (TPSA) is 75.6 Å². The van der Waals surface area contributed by atoms with E-state index in [9.17, 15) is 13.6 Å². The van der Waals surface area contributed by atoms with E-state index in [4.69, 9.17) is 11.6 Å². The van der Waals surface area contributed by atoms with E-state index in [2.05, 4.69) is 20.4 Å². The van der Waals surface area contributed by atoms with Crippen LogP contribution in [0.1, 0.15) is 12.2 Å². The fraction of sp³-hybridized carbons (Fsp3) is 0.150. The van der Waals surface area contributed by atoms with Crippen molar-refractivity contribution in [1.82, 2.24) is 19.7 Å². The summed E-state index contributed by atoms with van der Waals surface area (Å²) in [6.45, 7) is 0.535. The first-order valence-electron chi connectivity index (χ1n) is 8.93. The summed E-state index contributed by atoms with van der Waals surface area (Å²) in [5.41, 5.74) is 1.38. The Morgan fingerprint density at radius 2 is 2.00 bits per heavy atom. The van der Waals surface area contributed by atoms with E-state index in [0.717, 1.165) is 40.1 Å². The molecule has 0 aliphatic heterocycles. The van der Waals surface area contributed by atoms with E-state index in [1.165, 1.54) is 6.20 Å². The highest BCUT2D eigenvalue weighted by molar-refractivity contribution is 6.32. The van der Waals surface area contributed by atoms with Gasteiger partial charge in [0, 0.05) is 19.0 Å². The fourth-order valence-electron chi connectivity index (χ4n) is 2.98. The van der Waals surface area contributed by atoms with Gasteiger partial charge in [0.1, 0.15) is 22.4 Å². The van der Waals surface area contributed by atoms with Gasteiger partial charge in [0.15, 0.2) is 5.82 Å². The van der Waals surface area contributed by atoms with Crippen molar-refractivity contribution in [3.05, 3.63) is 81.5 Å². The quantitative estimate of drug-likeness (QED) is 0.465. The number of H-pyrrole nitrogens is 1. The summed E-state index contributed by atoms with van der Waals surface area (Å²) in [6, 6.07) is 10.7. The number of para-hydroxylation sites is 2. The molecule has 0 spiro atoms. The third kappa shape index (κ3) is 3.97. The Morgan fingerprint density at radius 1 is 1.17 bits per heavy atom. The summed E-state index contributed by atoms with van der Waals surface area (Å²) in [7, 11) is 0. The standard InChI is InChI=1S/C20H16ClF2N5O/c21-19-16(11-25-28(20(19)29)17-8-7-12(22)10-13(17)23)24-9-3-6-18-26-14-4-1-2-5-15(14)27-18/h1-2,4-5,7-8,10-11,24H,3,6,9H2,(H,26,27). The molecule has 4 rings (SSSR count). The first-order chi connectivity index (χ1) is 14.0. The van der Waals surface area contributed by atoms with Crippen LogP contribution in [-0.4, -0.2) is 26.3 Å². The van der Waals surface area contributed by atoms with Crippen LogP contribution >= 0.6 is 11.6 Å². The molecule has 6 nitrogen and oxygen atoms in total. The van der Waals surface area contributed by atoms with Gasteiger partial charge in [0.2, 0.25) is 0 Å². The number of benzene rings is 2. The second-order valence-corrected chi connectivity index (χ2v) is 6.79. The van der Waals surface area contributed by atoms with Gasteiger partial charge in [-0.1, -0.05) is 23.7 Å². The molecule has 0 aliphatic rings. The van der Waals surface area contributed by atoms with Crippen LogP contribution in [0.3, 0.4) is 0 Å². The molecule has 0 unspecified atom stereocenters. The van der Waals surface area contributed by atoms with Crippen molar-refractivity contribution in [1.29, 1.82) is 0 Å². The number of fused-ring (bicyclic) bond motifs is 1. The van der Waals surface area contributed by atoms with Crippen LogP contribution in [0.4, 0.5) is 14.5 Å².